The van der Waals surface area contributed by atoms with E-state index in [1.807, 2.05) is 6.19 Å². The van der Waals surface area contributed by atoms with Crippen LogP contribution in [0, 0.1) is 11.5 Å². The zero-order chi connectivity index (χ0) is 26.8. The maximum atomic E-state index is 13.3. The van der Waals surface area contributed by atoms with Gasteiger partial charge in [0.25, 0.3) is 0 Å². The third kappa shape index (κ3) is 6.35. The number of ether oxygens (including phenoxy) is 1. The summed E-state index contributed by atoms with van der Waals surface area (Å²) in [6.07, 6.45) is -8.45. The fraction of sp³-hybridized carbons (Fsp3) is 0.417. The highest BCUT2D eigenvalue weighted by atomic mass is 35.5. The molecule has 0 fully saturated rings. The number of anilines is 1. The lowest BCUT2D eigenvalue weighted by atomic mass is 9.98. The molecule has 0 saturated heterocycles. The number of rotatable bonds is 4. The van der Waals surface area contributed by atoms with Gasteiger partial charge < -0.3 is 4.74 Å². The molecule has 0 N–H and O–H groups in total. The molecule has 0 saturated carbocycles. The number of alkyl halides is 6. The lowest BCUT2D eigenvalue weighted by Gasteiger charge is -2.29. The molecule has 36 heavy (non-hydrogen) atoms. The second-order valence-electron chi connectivity index (χ2n) is 8.59. The standard InChI is InChI=1S/C24H22ClF6N3O2/c1-14(2)36-22(35)34-7-3-4-20(19-6-5-18(25)11-21(19)34)33(13-32)12-15-8-16(23(26,27)28)10-17(9-15)24(29,30)31/h5-6,8-11,14,20H,3-4,7,12H2,1-2H3. The Balaban J connectivity index is 2.03. The van der Waals surface area contributed by atoms with Gasteiger partial charge in [-0.15, -0.1) is 0 Å². The van der Waals surface area contributed by atoms with E-state index < -0.39 is 48.3 Å². The number of halogens is 7. The Morgan fingerprint density at radius 2 is 1.75 bits per heavy atom. The highest BCUT2D eigenvalue weighted by Crippen LogP contribution is 2.40. The predicted molar refractivity (Wildman–Crippen MR) is 120 cm³/mol. The first-order chi connectivity index (χ1) is 16.7. The van der Waals surface area contributed by atoms with Crippen molar-refractivity contribution in [3.63, 3.8) is 0 Å². The smallest absolute Gasteiger partial charge is 0.416 e. The average molecular weight is 534 g/mol. The number of amides is 1. The first kappa shape index (κ1) is 27.5. The minimum absolute atomic E-state index is 0.0430. The number of nitrogens with zero attached hydrogens (tertiary/aromatic N) is 3. The fourth-order valence-electron chi connectivity index (χ4n) is 4.05. The summed E-state index contributed by atoms with van der Waals surface area (Å²) in [6.45, 7) is 3.07. The summed E-state index contributed by atoms with van der Waals surface area (Å²) < 4.78 is 85.1. The van der Waals surface area contributed by atoms with E-state index in [0.717, 1.165) is 4.90 Å². The highest BCUT2D eigenvalue weighted by Gasteiger charge is 2.37. The zero-order valence-electron chi connectivity index (χ0n) is 19.3. The van der Waals surface area contributed by atoms with Crippen LogP contribution in [0.3, 0.4) is 0 Å². The molecule has 0 radical (unpaired) electrons. The van der Waals surface area contributed by atoms with Crippen molar-refractivity contribution in [1.82, 2.24) is 4.90 Å². The van der Waals surface area contributed by atoms with Crippen molar-refractivity contribution in [2.24, 2.45) is 0 Å². The predicted octanol–water partition coefficient (Wildman–Crippen LogP) is 7.55. The largest absolute Gasteiger partial charge is 0.446 e. The molecule has 1 unspecified atom stereocenters. The fourth-order valence-corrected chi connectivity index (χ4v) is 4.22. The van der Waals surface area contributed by atoms with Gasteiger partial charge in [-0.1, -0.05) is 17.7 Å². The molecular weight excluding hydrogens is 512 g/mol. The summed E-state index contributed by atoms with van der Waals surface area (Å²) in [6, 6.07) is 5.15. The molecule has 3 rings (SSSR count). The van der Waals surface area contributed by atoms with Gasteiger partial charge in [-0.25, -0.2) is 4.79 Å². The van der Waals surface area contributed by atoms with Crippen LogP contribution in [0.25, 0.3) is 0 Å². The van der Waals surface area contributed by atoms with E-state index in [0.29, 0.717) is 41.2 Å². The Hall–Kier alpha value is -3.13. The Morgan fingerprint density at radius 1 is 1.14 bits per heavy atom. The molecule has 1 aliphatic heterocycles. The minimum Gasteiger partial charge on any atom is -0.446 e. The molecule has 0 aromatic heterocycles. The molecule has 2 aromatic carbocycles. The molecule has 0 spiro atoms. The van der Waals surface area contributed by atoms with E-state index in [-0.39, 0.29) is 18.2 Å². The summed E-state index contributed by atoms with van der Waals surface area (Å²) in [4.78, 5) is 15.2. The lowest BCUT2D eigenvalue weighted by molar-refractivity contribution is -0.143. The number of carbonyl (C=O) groups is 1. The first-order valence-electron chi connectivity index (χ1n) is 10.9. The van der Waals surface area contributed by atoms with Crippen LogP contribution in [-0.4, -0.2) is 23.6 Å². The van der Waals surface area contributed by atoms with Crippen LogP contribution >= 0.6 is 11.6 Å². The van der Waals surface area contributed by atoms with E-state index >= 15 is 0 Å². The Bertz CT molecular complexity index is 1130. The van der Waals surface area contributed by atoms with Crippen LogP contribution in [0.4, 0.5) is 36.8 Å². The molecule has 1 atom stereocenters. The summed E-state index contributed by atoms with van der Waals surface area (Å²) in [5, 5.41) is 10.2. The van der Waals surface area contributed by atoms with Crippen molar-refractivity contribution in [3.05, 3.63) is 63.7 Å². The molecule has 194 valence electrons. The zero-order valence-corrected chi connectivity index (χ0v) is 20.0. The number of hydrogen-bond acceptors (Lipinski definition) is 4. The van der Waals surface area contributed by atoms with Gasteiger partial charge in [-0.05, 0) is 68.1 Å². The summed E-state index contributed by atoms with van der Waals surface area (Å²) in [5.41, 5.74) is -2.41. The number of carbonyl (C=O) groups excluding carboxylic acids is 1. The second-order valence-corrected chi connectivity index (χ2v) is 9.02. The van der Waals surface area contributed by atoms with Gasteiger partial charge in [0.15, 0.2) is 6.19 Å². The van der Waals surface area contributed by atoms with E-state index in [1.165, 1.54) is 17.0 Å². The molecule has 0 aliphatic carbocycles. The van der Waals surface area contributed by atoms with Crippen molar-refractivity contribution in [3.8, 4) is 6.19 Å². The molecule has 1 heterocycles. The second kappa shape index (κ2) is 10.5. The van der Waals surface area contributed by atoms with Gasteiger partial charge in [0.1, 0.15) is 0 Å². The first-order valence-corrected chi connectivity index (χ1v) is 11.3. The van der Waals surface area contributed by atoms with Crippen molar-refractivity contribution in [2.45, 2.75) is 57.7 Å². The highest BCUT2D eigenvalue weighted by molar-refractivity contribution is 6.31. The van der Waals surface area contributed by atoms with E-state index in [9.17, 15) is 36.4 Å². The SMILES string of the molecule is CC(C)OC(=O)N1CCCC(N(C#N)Cc2cc(C(F)(F)F)cc(C(F)(F)F)c2)c2ccc(Cl)cc21. The summed E-state index contributed by atoms with van der Waals surface area (Å²) >= 11 is 6.15. The molecule has 2 aromatic rings. The maximum absolute atomic E-state index is 13.3. The van der Waals surface area contributed by atoms with E-state index in [4.69, 9.17) is 16.3 Å². The third-order valence-corrected chi connectivity index (χ3v) is 5.80. The maximum Gasteiger partial charge on any atom is 0.416 e. The number of fused-ring (bicyclic) bond motifs is 1. The van der Waals surface area contributed by atoms with Gasteiger partial charge >= 0.3 is 18.4 Å². The van der Waals surface area contributed by atoms with Crippen molar-refractivity contribution >= 4 is 23.4 Å². The van der Waals surface area contributed by atoms with Crippen LogP contribution in [0.1, 0.15) is 55.0 Å². The molecule has 5 nitrogen and oxygen atoms in total. The van der Waals surface area contributed by atoms with Gasteiger partial charge in [0.05, 0.1) is 35.5 Å². The molecule has 0 bridgehead atoms. The minimum atomic E-state index is -5.00. The summed E-state index contributed by atoms with van der Waals surface area (Å²) in [5.74, 6) is 0. The number of benzene rings is 2. The molecule has 12 heteroatoms. The number of hydrogen-bond donors (Lipinski definition) is 0. The van der Waals surface area contributed by atoms with Gasteiger partial charge in [-0.2, -0.15) is 31.6 Å². The Labute approximate surface area is 208 Å². The van der Waals surface area contributed by atoms with Crippen LogP contribution in [0.15, 0.2) is 36.4 Å². The normalized spacial score (nSPS) is 16.2. The van der Waals surface area contributed by atoms with Gasteiger partial charge in [0, 0.05) is 11.6 Å². The quantitative estimate of drug-likeness (QED) is 0.231. The van der Waals surface area contributed by atoms with Gasteiger partial charge in [0.2, 0.25) is 0 Å². The topological polar surface area (TPSA) is 56.6 Å². The van der Waals surface area contributed by atoms with Crippen molar-refractivity contribution in [1.29, 1.82) is 5.26 Å². The lowest BCUT2D eigenvalue weighted by Crippen LogP contribution is -2.34. The van der Waals surface area contributed by atoms with E-state index in [2.05, 4.69) is 0 Å². The van der Waals surface area contributed by atoms with Crippen molar-refractivity contribution in [2.75, 3.05) is 11.4 Å². The van der Waals surface area contributed by atoms with E-state index in [1.54, 1.807) is 19.9 Å². The van der Waals surface area contributed by atoms with Crippen LogP contribution in [-0.2, 0) is 23.6 Å². The third-order valence-electron chi connectivity index (χ3n) is 5.56. The number of nitriles is 1. The Morgan fingerprint density at radius 3 is 2.28 bits per heavy atom. The van der Waals surface area contributed by atoms with Crippen molar-refractivity contribution < 1.29 is 35.9 Å². The molecule has 1 aliphatic rings. The average Bonchev–Trinajstić information content (AvgIpc) is 2.95. The monoisotopic (exact) mass is 533 g/mol. The van der Waals surface area contributed by atoms with Crippen LogP contribution in [0.5, 0.6) is 0 Å². The van der Waals surface area contributed by atoms with Crippen LogP contribution < -0.4 is 4.90 Å². The Kier molecular flexibility index (Phi) is 7.98. The van der Waals surface area contributed by atoms with Gasteiger partial charge in [-0.3, -0.25) is 9.80 Å². The molecule has 1 amide bonds. The van der Waals surface area contributed by atoms with Crippen LogP contribution in [0.2, 0.25) is 5.02 Å². The summed E-state index contributed by atoms with van der Waals surface area (Å²) in [7, 11) is 0. The molecular formula is C24H22ClF6N3O2.